The van der Waals surface area contributed by atoms with Crippen molar-refractivity contribution in [1.29, 1.82) is 0 Å². The summed E-state index contributed by atoms with van der Waals surface area (Å²) in [7, 11) is 1.60. The van der Waals surface area contributed by atoms with Gasteiger partial charge in [-0.2, -0.15) is 4.39 Å². The van der Waals surface area contributed by atoms with Crippen molar-refractivity contribution in [3.63, 3.8) is 0 Å². The number of carbonyl (C=O) groups excluding carboxylic acids is 1. The fourth-order valence-electron chi connectivity index (χ4n) is 2.63. The van der Waals surface area contributed by atoms with Crippen molar-refractivity contribution in [2.45, 2.75) is 12.5 Å². The number of nitrogens with zero attached hydrogens (tertiary/aromatic N) is 2. The second kappa shape index (κ2) is 9.09. The van der Waals surface area contributed by atoms with E-state index in [0.29, 0.717) is 42.3 Å². The van der Waals surface area contributed by atoms with Crippen LogP contribution in [-0.2, 0) is 14.3 Å². The van der Waals surface area contributed by atoms with Crippen molar-refractivity contribution >= 4 is 23.5 Å². The number of pyridine rings is 1. The van der Waals surface area contributed by atoms with Crippen LogP contribution in [0.1, 0.15) is 6.42 Å². The number of benzene rings is 1. The zero-order valence-corrected chi connectivity index (χ0v) is 15.4. The molecular formula is C20H21FN4O3. The van der Waals surface area contributed by atoms with Crippen molar-refractivity contribution in [3.8, 4) is 11.1 Å². The van der Waals surface area contributed by atoms with Crippen LogP contribution in [0.4, 0.5) is 15.8 Å². The molecule has 7 nitrogen and oxygen atoms in total. The van der Waals surface area contributed by atoms with Crippen LogP contribution in [0.3, 0.4) is 0 Å². The molecule has 1 aromatic carbocycles. The third-order valence-corrected chi connectivity index (χ3v) is 4.15. The first-order valence-corrected chi connectivity index (χ1v) is 8.74. The number of anilines is 2. The number of rotatable bonds is 7. The molecular weight excluding hydrogens is 363 g/mol. The van der Waals surface area contributed by atoms with Crippen LogP contribution in [0, 0.1) is 5.95 Å². The Kier molecular flexibility index (Phi) is 6.33. The van der Waals surface area contributed by atoms with E-state index >= 15 is 0 Å². The Morgan fingerprint density at radius 2 is 2.11 bits per heavy atom. The van der Waals surface area contributed by atoms with E-state index in [1.54, 1.807) is 31.4 Å². The van der Waals surface area contributed by atoms with Crippen LogP contribution in [0.25, 0.3) is 11.1 Å². The molecule has 146 valence electrons. The summed E-state index contributed by atoms with van der Waals surface area (Å²) in [5.74, 6) is -0.211. The van der Waals surface area contributed by atoms with Gasteiger partial charge < -0.3 is 20.5 Å². The van der Waals surface area contributed by atoms with Gasteiger partial charge in [0.1, 0.15) is 18.4 Å². The van der Waals surface area contributed by atoms with E-state index in [2.05, 4.69) is 15.3 Å². The molecule has 1 aromatic heterocycles. The minimum absolute atomic E-state index is 0.274. The minimum Gasteiger partial charge on any atom is -0.490 e. The molecule has 0 saturated heterocycles. The highest BCUT2D eigenvalue weighted by Gasteiger charge is 2.20. The second-order valence-electron chi connectivity index (χ2n) is 6.14. The van der Waals surface area contributed by atoms with Gasteiger partial charge in [-0.1, -0.05) is 6.07 Å². The van der Waals surface area contributed by atoms with Crippen LogP contribution in [0.5, 0.6) is 0 Å². The molecule has 3 rings (SSSR count). The van der Waals surface area contributed by atoms with Crippen LogP contribution in [0.2, 0.25) is 0 Å². The van der Waals surface area contributed by atoms with Crippen molar-refractivity contribution in [2.24, 2.45) is 4.99 Å². The van der Waals surface area contributed by atoms with Crippen molar-refractivity contribution in [2.75, 3.05) is 31.4 Å². The van der Waals surface area contributed by atoms with Gasteiger partial charge in [0.25, 0.3) is 0 Å². The largest absolute Gasteiger partial charge is 0.490 e. The number of halogens is 1. The number of ether oxygens (including phenoxy) is 2. The molecule has 28 heavy (non-hydrogen) atoms. The molecule has 8 heteroatoms. The molecule has 0 saturated carbocycles. The maximum absolute atomic E-state index is 13.0. The number of allylic oxidation sites excluding steroid dienone is 1. The normalized spacial score (nSPS) is 15.8. The van der Waals surface area contributed by atoms with Gasteiger partial charge in [0.2, 0.25) is 11.9 Å². The lowest BCUT2D eigenvalue weighted by Gasteiger charge is -2.17. The Bertz CT molecular complexity index is 897. The zero-order valence-electron chi connectivity index (χ0n) is 15.4. The predicted molar refractivity (Wildman–Crippen MR) is 105 cm³/mol. The van der Waals surface area contributed by atoms with Gasteiger partial charge in [0, 0.05) is 25.3 Å². The maximum atomic E-state index is 13.0. The van der Waals surface area contributed by atoms with Crippen LogP contribution in [-0.4, -0.2) is 43.5 Å². The summed E-state index contributed by atoms with van der Waals surface area (Å²) in [6.45, 7) is 0.904. The van der Waals surface area contributed by atoms with E-state index in [1.165, 1.54) is 18.5 Å². The summed E-state index contributed by atoms with van der Waals surface area (Å²) in [6, 6.07) is 7.51. The van der Waals surface area contributed by atoms with E-state index in [1.807, 2.05) is 6.08 Å². The SMILES string of the molecule is COCCOC1=CCC(C(=O)Nc2cc(-c3ccc(F)nc3)ccc2N)N=C1. The van der Waals surface area contributed by atoms with Crippen molar-refractivity contribution in [3.05, 3.63) is 54.3 Å². The summed E-state index contributed by atoms with van der Waals surface area (Å²) >= 11 is 0. The lowest BCUT2D eigenvalue weighted by atomic mass is 10.1. The standard InChI is InChI=1S/C20H21FN4O3/c1-27-8-9-28-15-4-6-17(23-12-15)20(26)25-18-10-13(2-5-16(18)22)14-3-7-19(21)24-11-14/h2-5,7,10-12,17H,6,8-9,22H2,1H3,(H,25,26). The third-order valence-electron chi connectivity index (χ3n) is 4.15. The molecule has 0 radical (unpaired) electrons. The molecule has 2 heterocycles. The van der Waals surface area contributed by atoms with Crippen molar-refractivity contribution < 1.29 is 18.7 Å². The molecule has 1 aliphatic rings. The van der Waals surface area contributed by atoms with E-state index < -0.39 is 12.0 Å². The number of hydrogen-bond acceptors (Lipinski definition) is 6. The minimum atomic E-state index is -0.565. The smallest absolute Gasteiger partial charge is 0.249 e. The number of dihydropyridines is 1. The molecule has 3 N–H and O–H groups in total. The number of nitrogens with one attached hydrogen (secondary N) is 1. The first kappa shape index (κ1) is 19.5. The Hall–Kier alpha value is -3.26. The monoisotopic (exact) mass is 384 g/mol. The summed E-state index contributed by atoms with van der Waals surface area (Å²) < 4.78 is 23.4. The molecule has 0 spiro atoms. The Labute approximate surface area is 162 Å². The van der Waals surface area contributed by atoms with Gasteiger partial charge in [-0.05, 0) is 35.9 Å². The molecule has 0 bridgehead atoms. The highest BCUT2D eigenvalue weighted by Crippen LogP contribution is 2.27. The molecule has 0 fully saturated rings. The molecule has 1 amide bonds. The van der Waals surface area contributed by atoms with Gasteiger partial charge in [-0.25, -0.2) is 4.98 Å². The highest BCUT2D eigenvalue weighted by atomic mass is 19.1. The van der Waals surface area contributed by atoms with Gasteiger partial charge in [-0.3, -0.25) is 9.79 Å². The maximum Gasteiger partial charge on any atom is 0.249 e. The number of amides is 1. The van der Waals surface area contributed by atoms with E-state index in [-0.39, 0.29) is 5.91 Å². The Morgan fingerprint density at radius 3 is 2.79 bits per heavy atom. The van der Waals surface area contributed by atoms with E-state index in [9.17, 15) is 9.18 Å². The van der Waals surface area contributed by atoms with Gasteiger partial charge in [0.05, 0.1) is 24.2 Å². The van der Waals surface area contributed by atoms with E-state index in [4.69, 9.17) is 15.2 Å². The number of hydrogen-bond donors (Lipinski definition) is 2. The quantitative estimate of drug-likeness (QED) is 0.434. The summed E-state index contributed by atoms with van der Waals surface area (Å²) in [4.78, 5) is 20.4. The number of aliphatic imine (C=N–C) groups is 1. The third kappa shape index (κ3) is 4.92. The molecule has 1 unspecified atom stereocenters. The predicted octanol–water partition coefficient (Wildman–Crippen LogP) is 2.80. The number of aromatic nitrogens is 1. The van der Waals surface area contributed by atoms with Gasteiger partial charge in [-0.15, -0.1) is 0 Å². The summed E-state index contributed by atoms with van der Waals surface area (Å²) in [5.41, 5.74) is 8.35. The second-order valence-corrected chi connectivity index (χ2v) is 6.14. The van der Waals surface area contributed by atoms with Crippen molar-refractivity contribution in [1.82, 2.24) is 4.98 Å². The fraction of sp³-hybridized carbons (Fsp3) is 0.250. The first-order chi connectivity index (χ1) is 13.6. The highest BCUT2D eigenvalue weighted by molar-refractivity contribution is 5.99. The lowest BCUT2D eigenvalue weighted by molar-refractivity contribution is -0.117. The summed E-state index contributed by atoms with van der Waals surface area (Å²) in [5, 5.41) is 2.81. The Balaban J connectivity index is 1.65. The zero-order chi connectivity index (χ0) is 19.9. The van der Waals surface area contributed by atoms with Gasteiger partial charge >= 0.3 is 0 Å². The van der Waals surface area contributed by atoms with Crippen LogP contribution < -0.4 is 11.1 Å². The summed E-state index contributed by atoms with van der Waals surface area (Å²) in [6.07, 6.45) is 5.20. The number of methoxy groups -OCH3 is 1. The first-order valence-electron chi connectivity index (χ1n) is 8.74. The number of carbonyl (C=O) groups is 1. The molecule has 1 atom stereocenters. The average Bonchev–Trinajstić information content (AvgIpc) is 2.71. The molecule has 2 aromatic rings. The topological polar surface area (TPSA) is 98.8 Å². The average molecular weight is 384 g/mol. The van der Waals surface area contributed by atoms with Crippen LogP contribution in [0.15, 0.2) is 53.4 Å². The number of nitrogen functional groups attached to an aromatic ring is 1. The van der Waals surface area contributed by atoms with Crippen LogP contribution >= 0.6 is 0 Å². The molecule has 1 aliphatic heterocycles. The lowest BCUT2D eigenvalue weighted by Crippen LogP contribution is -2.28. The number of nitrogens with two attached hydrogens (primary N) is 1. The molecule has 0 aliphatic carbocycles. The Morgan fingerprint density at radius 1 is 1.29 bits per heavy atom. The van der Waals surface area contributed by atoms with E-state index in [0.717, 1.165) is 5.56 Å². The fourth-order valence-corrected chi connectivity index (χ4v) is 2.63. The van der Waals surface area contributed by atoms with Gasteiger partial charge in [0.15, 0.2) is 0 Å².